The number of para-hydroxylation sites is 2. The molecule has 0 radical (unpaired) electrons. The number of amides is 1. The van der Waals surface area contributed by atoms with Crippen LogP contribution >= 0.6 is 0 Å². The molecule has 3 aromatic rings. The summed E-state index contributed by atoms with van der Waals surface area (Å²) in [6.07, 6.45) is 5.41. The third-order valence-corrected chi connectivity index (χ3v) is 4.92. The van der Waals surface area contributed by atoms with Crippen molar-refractivity contribution in [3.8, 4) is 0 Å². The Morgan fingerprint density at radius 3 is 2.30 bits per heavy atom. The van der Waals surface area contributed by atoms with Crippen molar-refractivity contribution in [3.05, 3.63) is 77.9 Å². The lowest BCUT2D eigenvalue weighted by molar-refractivity contribution is -0.118. The van der Waals surface area contributed by atoms with E-state index in [1.54, 1.807) is 6.20 Å². The Morgan fingerprint density at radius 2 is 1.67 bits per heavy atom. The molecule has 27 heavy (non-hydrogen) atoms. The van der Waals surface area contributed by atoms with Gasteiger partial charge in [-0.2, -0.15) is 0 Å². The molecule has 0 saturated heterocycles. The van der Waals surface area contributed by atoms with E-state index >= 15 is 0 Å². The summed E-state index contributed by atoms with van der Waals surface area (Å²) in [5.74, 6) is 0.786. The van der Waals surface area contributed by atoms with Crippen LogP contribution in [0.25, 0.3) is 0 Å². The number of imidazole rings is 1. The van der Waals surface area contributed by atoms with Gasteiger partial charge in [-0.1, -0.05) is 36.4 Å². The fourth-order valence-corrected chi connectivity index (χ4v) is 3.58. The van der Waals surface area contributed by atoms with Crippen molar-refractivity contribution in [1.82, 2.24) is 9.55 Å². The van der Waals surface area contributed by atoms with E-state index in [2.05, 4.69) is 17.1 Å². The van der Waals surface area contributed by atoms with Crippen LogP contribution in [0.1, 0.15) is 23.9 Å². The minimum absolute atomic E-state index is 0.0209. The van der Waals surface area contributed by atoms with Crippen LogP contribution < -0.4 is 4.90 Å². The van der Waals surface area contributed by atoms with E-state index in [1.807, 2.05) is 59.0 Å². The molecule has 1 aromatic heterocycles. The van der Waals surface area contributed by atoms with Gasteiger partial charge in [0.2, 0.25) is 0 Å². The van der Waals surface area contributed by atoms with Gasteiger partial charge in [0.1, 0.15) is 19.0 Å². The Bertz CT molecular complexity index is 900. The van der Waals surface area contributed by atoms with E-state index in [0.29, 0.717) is 13.2 Å². The fourth-order valence-electron chi connectivity index (χ4n) is 3.58. The molecular formula is C22H23N3O2. The predicted octanol–water partition coefficient (Wildman–Crippen LogP) is 3.88. The number of nitrogens with zero attached hydrogens (tertiary/aromatic N) is 3. The van der Waals surface area contributed by atoms with Gasteiger partial charge in [-0.15, -0.1) is 0 Å². The van der Waals surface area contributed by atoms with Gasteiger partial charge in [-0.05, 0) is 43.0 Å². The minimum Gasteiger partial charge on any atom is -0.374 e. The first kappa shape index (κ1) is 17.5. The summed E-state index contributed by atoms with van der Waals surface area (Å²) >= 11 is 0. The highest BCUT2D eigenvalue weighted by Crippen LogP contribution is 2.36. The largest absolute Gasteiger partial charge is 0.374 e. The second-order valence-corrected chi connectivity index (χ2v) is 6.60. The lowest BCUT2D eigenvalue weighted by Gasteiger charge is -2.25. The molecule has 138 valence electrons. The maximum Gasteiger partial charge on any atom is 0.251 e. The van der Waals surface area contributed by atoms with Gasteiger partial charge in [0.15, 0.2) is 0 Å². The fraction of sp³-hybridized carbons (Fsp3) is 0.273. The Balaban J connectivity index is 1.70. The average Bonchev–Trinajstić information content (AvgIpc) is 3.05. The van der Waals surface area contributed by atoms with Crippen molar-refractivity contribution >= 4 is 17.3 Å². The number of fused-ring (bicyclic) bond motifs is 2. The lowest BCUT2D eigenvalue weighted by atomic mass is 10.0. The van der Waals surface area contributed by atoms with E-state index in [-0.39, 0.29) is 12.5 Å². The molecule has 2 aromatic carbocycles. The molecule has 0 spiro atoms. The van der Waals surface area contributed by atoms with Gasteiger partial charge in [-0.3, -0.25) is 9.69 Å². The Kier molecular flexibility index (Phi) is 5.03. The normalized spacial score (nSPS) is 13.0. The second kappa shape index (κ2) is 7.76. The average molecular weight is 361 g/mol. The highest BCUT2D eigenvalue weighted by atomic mass is 16.5. The summed E-state index contributed by atoms with van der Waals surface area (Å²) in [4.78, 5) is 19.6. The molecule has 2 heterocycles. The number of rotatable bonds is 5. The van der Waals surface area contributed by atoms with Crippen LogP contribution in [0.2, 0.25) is 0 Å². The van der Waals surface area contributed by atoms with Crippen LogP contribution in [0.3, 0.4) is 0 Å². The topological polar surface area (TPSA) is 47.4 Å². The van der Waals surface area contributed by atoms with Crippen molar-refractivity contribution in [3.63, 3.8) is 0 Å². The van der Waals surface area contributed by atoms with Gasteiger partial charge in [0.25, 0.3) is 5.91 Å². The summed E-state index contributed by atoms with van der Waals surface area (Å²) in [5.41, 5.74) is 4.34. The van der Waals surface area contributed by atoms with Crippen molar-refractivity contribution in [2.75, 3.05) is 11.5 Å². The van der Waals surface area contributed by atoms with Crippen LogP contribution in [-0.2, 0) is 35.5 Å². The number of aryl methyl sites for hydroxylation is 2. The van der Waals surface area contributed by atoms with Crippen molar-refractivity contribution in [2.45, 2.75) is 32.9 Å². The second-order valence-electron chi connectivity index (χ2n) is 6.60. The Hall–Kier alpha value is -2.92. The quantitative estimate of drug-likeness (QED) is 0.693. The van der Waals surface area contributed by atoms with Gasteiger partial charge in [-0.25, -0.2) is 4.98 Å². The standard InChI is InChI=1S/C22H23N3O2/c1-2-27-16-21-23-13-14-24(21)15-22(26)25-19-9-5-3-7-17(19)11-12-18-8-4-6-10-20(18)25/h3-10,13-14H,2,11-12,15-16H2,1H3. The molecule has 0 N–H and O–H groups in total. The summed E-state index contributed by atoms with van der Waals surface area (Å²) < 4.78 is 7.34. The maximum absolute atomic E-state index is 13.4. The summed E-state index contributed by atoms with van der Waals surface area (Å²) in [6, 6.07) is 16.3. The molecule has 0 bridgehead atoms. The monoisotopic (exact) mass is 361 g/mol. The van der Waals surface area contributed by atoms with Gasteiger partial charge >= 0.3 is 0 Å². The van der Waals surface area contributed by atoms with Gasteiger partial charge in [0, 0.05) is 19.0 Å². The van der Waals surface area contributed by atoms with Crippen molar-refractivity contribution in [2.24, 2.45) is 0 Å². The molecule has 5 nitrogen and oxygen atoms in total. The third kappa shape index (κ3) is 3.51. The summed E-state index contributed by atoms with van der Waals surface area (Å²) in [6.45, 7) is 3.20. The summed E-state index contributed by atoms with van der Waals surface area (Å²) in [5, 5.41) is 0. The molecule has 1 amide bonds. The SMILES string of the molecule is CCOCc1nccn1CC(=O)N1c2ccccc2CCc2ccccc21. The number of ether oxygens (including phenoxy) is 1. The first-order valence-corrected chi connectivity index (χ1v) is 9.34. The van der Waals surface area contributed by atoms with E-state index in [1.165, 1.54) is 11.1 Å². The molecule has 0 fully saturated rings. The van der Waals surface area contributed by atoms with E-state index in [4.69, 9.17) is 4.74 Å². The molecule has 0 unspecified atom stereocenters. The molecule has 1 aliphatic rings. The highest BCUT2D eigenvalue weighted by Gasteiger charge is 2.26. The molecular weight excluding hydrogens is 338 g/mol. The van der Waals surface area contributed by atoms with Crippen molar-refractivity contribution < 1.29 is 9.53 Å². The Morgan fingerprint density at radius 1 is 1.04 bits per heavy atom. The van der Waals surface area contributed by atoms with E-state index in [0.717, 1.165) is 30.0 Å². The van der Waals surface area contributed by atoms with Gasteiger partial charge in [0.05, 0.1) is 11.4 Å². The number of hydrogen-bond donors (Lipinski definition) is 0. The predicted molar refractivity (Wildman–Crippen MR) is 105 cm³/mol. The minimum atomic E-state index is 0.0209. The lowest BCUT2D eigenvalue weighted by Crippen LogP contribution is -2.30. The molecule has 1 aliphatic heterocycles. The van der Waals surface area contributed by atoms with Crippen molar-refractivity contribution in [1.29, 1.82) is 0 Å². The van der Waals surface area contributed by atoms with Crippen LogP contribution in [0.15, 0.2) is 60.9 Å². The highest BCUT2D eigenvalue weighted by molar-refractivity contribution is 6.02. The van der Waals surface area contributed by atoms with Crippen LogP contribution in [0.4, 0.5) is 11.4 Å². The zero-order valence-electron chi connectivity index (χ0n) is 15.5. The van der Waals surface area contributed by atoms with Crippen LogP contribution in [0, 0.1) is 0 Å². The molecule has 5 heteroatoms. The number of carbonyl (C=O) groups excluding carboxylic acids is 1. The number of carbonyl (C=O) groups is 1. The van der Waals surface area contributed by atoms with Gasteiger partial charge < -0.3 is 9.30 Å². The maximum atomic E-state index is 13.4. The first-order chi connectivity index (χ1) is 13.3. The molecule has 0 atom stereocenters. The first-order valence-electron chi connectivity index (χ1n) is 9.34. The third-order valence-electron chi connectivity index (χ3n) is 4.92. The van der Waals surface area contributed by atoms with Crippen LogP contribution in [0.5, 0.6) is 0 Å². The molecule has 0 aliphatic carbocycles. The smallest absolute Gasteiger partial charge is 0.251 e. The number of anilines is 2. The number of aromatic nitrogens is 2. The zero-order valence-corrected chi connectivity index (χ0v) is 15.5. The van der Waals surface area contributed by atoms with E-state index < -0.39 is 0 Å². The molecule has 4 rings (SSSR count). The number of benzene rings is 2. The molecule has 0 saturated carbocycles. The number of hydrogen-bond acceptors (Lipinski definition) is 3. The Labute approximate surface area is 159 Å². The summed E-state index contributed by atoms with van der Waals surface area (Å²) in [7, 11) is 0. The zero-order chi connectivity index (χ0) is 18.6. The van der Waals surface area contributed by atoms with E-state index in [9.17, 15) is 4.79 Å². The van der Waals surface area contributed by atoms with Crippen LogP contribution in [-0.4, -0.2) is 22.1 Å².